The van der Waals surface area contributed by atoms with E-state index < -0.39 is 23.1 Å². The van der Waals surface area contributed by atoms with Gasteiger partial charge in [-0.3, -0.25) is 24.0 Å². The second kappa shape index (κ2) is 14.0. The molecule has 1 aliphatic carbocycles. The van der Waals surface area contributed by atoms with E-state index in [1.165, 1.54) is 19.0 Å². The zero-order chi connectivity index (χ0) is 35.9. The van der Waals surface area contributed by atoms with Crippen LogP contribution in [0.1, 0.15) is 92.0 Å². The average molecular weight is 700 g/mol. The highest BCUT2D eigenvalue weighted by Crippen LogP contribution is 2.49. The van der Waals surface area contributed by atoms with Crippen molar-refractivity contribution in [3.05, 3.63) is 99.9 Å². The standard InChI is InChI=1S/C37H43F2N9O3/c1-23-28(20-43-48(23)27-9-13-40-14-10-27)34(49)44-26-7-5-24(6-8-26)19-42-35(50)33-41-21-32-37(11-4-12-37)46(15-16-47(32)33)22-29-30(38)17-25(18-31(29)39)36(51)45(2)3/h5-8,17-18,20-21,27,40H,4,9-16,19,22H2,1-3H3,(H,42,50)(H,44,49). The smallest absolute Gasteiger partial charge is 0.287 e. The van der Waals surface area contributed by atoms with Crippen LogP contribution in [0.5, 0.6) is 0 Å². The molecule has 4 heterocycles. The highest BCUT2D eigenvalue weighted by molar-refractivity contribution is 6.04. The number of hydrogen-bond donors (Lipinski definition) is 3. The molecule has 3 aliphatic rings. The molecule has 0 bridgehead atoms. The number of hydrogen-bond acceptors (Lipinski definition) is 7. The van der Waals surface area contributed by atoms with Gasteiger partial charge in [-0.1, -0.05) is 12.1 Å². The molecule has 0 radical (unpaired) electrons. The van der Waals surface area contributed by atoms with Crippen molar-refractivity contribution in [1.82, 2.24) is 39.8 Å². The Bertz CT molecular complexity index is 1940. The van der Waals surface area contributed by atoms with Crippen LogP contribution in [0.15, 0.2) is 48.8 Å². The lowest BCUT2D eigenvalue weighted by Crippen LogP contribution is -2.56. The van der Waals surface area contributed by atoms with E-state index in [2.05, 4.69) is 30.9 Å². The number of nitrogens with one attached hydrogen (secondary N) is 3. The molecule has 2 aromatic heterocycles. The minimum Gasteiger partial charge on any atom is -0.345 e. The van der Waals surface area contributed by atoms with Crippen molar-refractivity contribution in [3.8, 4) is 0 Å². The third kappa shape index (κ3) is 6.53. The van der Waals surface area contributed by atoms with Crippen LogP contribution in [-0.2, 0) is 25.2 Å². The maximum Gasteiger partial charge on any atom is 0.287 e. The van der Waals surface area contributed by atoms with Gasteiger partial charge in [0.15, 0.2) is 5.82 Å². The number of imidazole rings is 1. The summed E-state index contributed by atoms with van der Waals surface area (Å²) in [6.45, 7) is 5.02. The van der Waals surface area contributed by atoms with Crippen molar-refractivity contribution >= 4 is 23.4 Å². The first kappa shape index (κ1) is 34.5. The largest absolute Gasteiger partial charge is 0.345 e. The zero-order valence-electron chi connectivity index (χ0n) is 29.1. The molecule has 0 unspecified atom stereocenters. The molecule has 3 amide bonds. The first-order valence-electron chi connectivity index (χ1n) is 17.5. The number of rotatable bonds is 9. The van der Waals surface area contributed by atoms with E-state index in [0.29, 0.717) is 30.2 Å². The Kier molecular flexibility index (Phi) is 9.46. The van der Waals surface area contributed by atoms with E-state index in [9.17, 15) is 14.4 Å². The molecule has 51 heavy (non-hydrogen) atoms. The van der Waals surface area contributed by atoms with Crippen LogP contribution in [-0.4, -0.2) is 80.6 Å². The van der Waals surface area contributed by atoms with Crippen molar-refractivity contribution in [2.75, 3.05) is 39.0 Å². The van der Waals surface area contributed by atoms with Gasteiger partial charge in [0, 0.05) is 62.8 Å². The topological polar surface area (TPSA) is 129 Å². The predicted octanol–water partition coefficient (Wildman–Crippen LogP) is 4.37. The molecule has 2 fully saturated rings. The Labute approximate surface area is 295 Å². The van der Waals surface area contributed by atoms with Gasteiger partial charge in [0.2, 0.25) is 0 Å². The molecule has 4 aromatic rings. The SMILES string of the molecule is Cc1c(C(=O)Nc2ccc(CNC(=O)c3ncc4n3CCN(Cc3c(F)cc(C(=O)N(C)C)cc3F)C43CCC3)cc2)cnn1C1CCNCC1. The number of amides is 3. The van der Waals surface area contributed by atoms with Crippen LogP contribution in [0, 0.1) is 18.6 Å². The number of anilines is 1. The molecule has 14 heteroatoms. The van der Waals surface area contributed by atoms with Gasteiger partial charge in [0.05, 0.1) is 35.2 Å². The Morgan fingerprint density at radius 1 is 1.00 bits per heavy atom. The third-order valence-electron chi connectivity index (χ3n) is 10.7. The molecular weight excluding hydrogens is 656 g/mol. The molecule has 1 saturated heterocycles. The predicted molar refractivity (Wildman–Crippen MR) is 186 cm³/mol. The summed E-state index contributed by atoms with van der Waals surface area (Å²) < 4.78 is 34.3. The quantitative estimate of drug-likeness (QED) is 0.237. The summed E-state index contributed by atoms with van der Waals surface area (Å²) in [5, 5.41) is 13.8. The minimum absolute atomic E-state index is 0.0330. The van der Waals surface area contributed by atoms with E-state index >= 15 is 8.78 Å². The van der Waals surface area contributed by atoms with E-state index in [-0.39, 0.29) is 42.1 Å². The molecule has 0 atom stereocenters. The van der Waals surface area contributed by atoms with Crippen LogP contribution in [0.2, 0.25) is 0 Å². The summed E-state index contributed by atoms with van der Waals surface area (Å²) in [7, 11) is 3.07. The Balaban J connectivity index is 0.978. The van der Waals surface area contributed by atoms with E-state index in [4.69, 9.17) is 0 Å². The van der Waals surface area contributed by atoms with Crippen LogP contribution < -0.4 is 16.0 Å². The zero-order valence-corrected chi connectivity index (χ0v) is 29.1. The maximum absolute atomic E-state index is 15.2. The number of halogens is 2. The highest BCUT2D eigenvalue weighted by Gasteiger charge is 2.49. The summed E-state index contributed by atoms with van der Waals surface area (Å²) >= 11 is 0. The fourth-order valence-corrected chi connectivity index (χ4v) is 7.62. The summed E-state index contributed by atoms with van der Waals surface area (Å²) in [5.74, 6) is -2.21. The maximum atomic E-state index is 15.2. The van der Waals surface area contributed by atoms with Gasteiger partial charge >= 0.3 is 0 Å². The number of carbonyl (C=O) groups is 3. The molecule has 3 N–H and O–H groups in total. The number of aromatic nitrogens is 4. The molecule has 7 rings (SSSR count). The van der Waals surface area contributed by atoms with Gasteiger partial charge in [-0.05, 0) is 81.9 Å². The van der Waals surface area contributed by atoms with Gasteiger partial charge < -0.3 is 25.4 Å². The van der Waals surface area contributed by atoms with Crippen LogP contribution >= 0.6 is 0 Å². The monoisotopic (exact) mass is 699 g/mol. The number of fused-ring (bicyclic) bond motifs is 2. The summed E-state index contributed by atoms with van der Waals surface area (Å²) in [6.07, 6.45) is 7.81. The van der Waals surface area contributed by atoms with Crippen molar-refractivity contribution < 1.29 is 23.2 Å². The number of nitrogens with zero attached hydrogens (tertiary/aromatic N) is 6. The fraction of sp³-hybridized carbons (Fsp3) is 0.432. The van der Waals surface area contributed by atoms with Gasteiger partial charge in [0.25, 0.3) is 17.7 Å². The summed E-state index contributed by atoms with van der Waals surface area (Å²) in [5.41, 5.74) is 3.16. The normalized spacial score (nSPS) is 17.1. The molecule has 1 spiro atoms. The fourth-order valence-electron chi connectivity index (χ4n) is 7.62. The lowest BCUT2D eigenvalue weighted by Gasteiger charge is -2.53. The van der Waals surface area contributed by atoms with Crippen LogP contribution in [0.4, 0.5) is 14.5 Å². The number of piperidine rings is 1. The number of benzene rings is 2. The second-order valence-electron chi connectivity index (χ2n) is 13.9. The van der Waals surface area contributed by atoms with Gasteiger partial charge in [-0.25, -0.2) is 13.8 Å². The van der Waals surface area contributed by atoms with Crippen molar-refractivity contribution in [3.63, 3.8) is 0 Å². The van der Waals surface area contributed by atoms with Crippen molar-refractivity contribution in [2.45, 2.75) is 70.2 Å². The minimum atomic E-state index is -0.751. The van der Waals surface area contributed by atoms with Gasteiger partial charge in [-0.15, -0.1) is 0 Å². The molecule has 2 aliphatic heterocycles. The molecule has 1 saturated carbocycles. The number of carbonyl (C=O) groups excluding carboxylic acids is 3. The van der Waals surface area contributed by atoms with Crippen LogP contribution in [0.25, 0.3) is 0 Å². The van der Waals surface area contributed by atoms with Crippen LogP contribution in [0.3, 0.4) is 0 Å². The summed E-state index contributed by atoms with van der Waals surface area (Å²) in [6, 6.07) is 9.80. The van der Waals surface area contributed by atoms with E-state index in [1.807, 2.05) is 28.3 Å². The van der Waals surface area contributed by atoms with E-state index in [0.717, 1.165) is 74.3 Å². The van der Waals surface area contributed by atoms with Crippen molar-refractivity contribution in [2.24, 2.45) is 0 Å². The second-order valence-corrected chi connectivity index (χ2v) is 13.9. The molecule has 268 valence electrons. The Morgan fingerprint density at radius 3 is 2.35 bits per heavy atom. The molecular formula is C37H43F2N9O3. The van der Waals surface area contributed by atoms with Gasteiger partial charge in [0.1, 0.15) is 11.6 Å². The molecule has 2 aromatic carbocycles. The Morgan fingerprint density at radius 2 is 1.71 bits per heavy atom. The van der Waals surface area contributed by atoms with E-state index in [1.54, 1.807) is 24.5 Å². The summed E-state index contributed by atoms with van der Waals surface area (Å²) in [4.78, 5) is 46.6. The lowest BCUT2D eigenvalue weighted by atomic mass is 9.72. The first-order valence-corrected chi connectivity index (χ1v) is 17.5. The third-order valence-corrected chi connectivity index (χ3v) is 10.7. The molecule has 12 nitrogen and oxygen atoms in total. The Hall–Kier alpha value is -4.95. The van der Waals surface area contributed by atoms with Crippen molar-refractivity contribution in [1.29, 1.82) is 0 Å². The van der Waals surface area contributed by atoms with Gasteiger partial charge in [-0.2, -0.15) is 5.10 Å². The average Bonchev–Trinajstić information content (AvgIpc) is 3.72. The highest BCUT2D eigenvalue weighted by atomic mass is 19.1. The lowest BCUT2D eigenvalue weighted by molar-refractivity contribution is -0.0229. The first-order chi connectivity index (χ1) is 24.6.